The number of hydrogen-bond donors (Lipinski definition) is 2. The summed E-state index contributed by atoms with van der Waals surface area (Å²) in [4.78, 5) is 50.8. The van der Waals surface area contributed by atoms with Crippen LogP contribution in [0.4, 0.5) is 0 Å². The topological polar surface area (TPSA) is 95.6 Å². The van der Waals surface area contributed by atoms with E-state index in [4.69, 9.17) is 0 Å². The Morgan fingerprint density at radius 3 is 2.14 bits per heavy atom. The summed E-state index contributed by atoms with van der Waals surface area (Å²) >= 11 is 0. The first-order chi connectivity index (χ1) is 10.6. The molecule has 2 N–H and O–H groups in total. The number of amides is 3. The molecular weight excluding hydrogens is 286 g/mol. The van der Waals surface area contributed by atoms with Gasteiger partial charge in [0.25, 0.3) is 5.91 Å². The van der Waals surface area contributed by atoms with Gasteiger partial charge in [0.05, 0.1) is 0 Å². The van der Waals surface area contributed by atoms with E-state index in [0.717, 1.165) is 32.1 Å². The molecule has 3 amide bonds. The maximum Gasteiger partial charge on any atom is 0.291 e. The quantitative estimate of drug-likeness (QED) is 0.497. The van der Waals surface area contributed by atoms with Crippen molar-refractivity contribution in [3.8, 4) is 0 Å². The second kappa shape index (κ2) is 6.06. The molecule has 1 saturated carbocycles. The number of fused-ring (bicyclic) bond motifs is 1. The number of likely N-dealkylation sites (tertiary alicyclic amines) is 1. The van der Waals surface area contributed by atoms with Crippen LogP contribution in [0.2, 0.25) is 0 Å². The molecule has 3 rings (SSSR count). The zero-order valence-electron chi connectivity index (χ0n) is 12.5. The van der Waals surface area contributed by atoms with Gasteiger partial charge in [0.1, 0.15) is 12.0 Å². The van der Waals surface area contributed by atoms with Crippen molar-refractivity contribution in [3.63, 3.8) is 0 Å². The van der Waals surface area contributed by atoms with Crippen LogP contribution in [-0.4, -0.2) is 53.6 Å². The van der Waals surface area contributed by atoms with E-state index >= 15 is 0 Å². The third-order valence-corrected chi connectivity index (χ3v) is 4.81. The van der Waals surface area contributed by atoms with Crippen LogP contribution in [0, 0.1) is 5.92 Å². The molecule has 7 heteroatoms. The molecule has 7 nitrogen and oxygen atoms in total. The van der Waals surface area contributed by atoms with Crippen molar-refractivity contribution in [2.75, 3.05) is 13.1 Å². The van der Waals surface area contributed by atoms with Crippen LogP contribution in [0.3, 0.4) is 0 Å². The molecule has 0 spiro atoms. The molecule has 0 aromatic carbocycles. The van der Waals surface area contributed by atoms with Gasteiger partial charge in [-0.15, -0.1) is 0 Å². The first-order valence-corrected chi connectivity index (χ1v) is 8.03. The summed E-state index contributed by atoms with van der Waals surface area (Å²) in [5.41, 5.74) is 0. The van der Waals surface area contributed by atoms with Crippen LogP contribution < -0.4 is 10.6 Å². The Morgan fingerprint density at radius 1 is 0.818 bits per heavy atom. The summed E-state index contributed by atoms with van der Waals surface area (Å²) in [5.74, 6) is -3.50. The van der Waals surface area contributed by atoms with Gasteiger partial charge in [-0.25, -0.2) is 0 Å². The Balaban J connectivity index is 1.94. The lowest BCUT2D eigenvalue weighted by Gasteiger charge is -2.35. The third-order valence-electron chi connectivity index (χ3n) is 4.81. The summed E-state index contributed by atoms with van der Waals surface area (Å²) < 4.78 is 0. The Labute approximate surface area is 128 Å². The summed E-state index contributed by atoms with van der Waals surface area (Å²) in [6.45, 7) is 0.830. The van der Waals surface area contributed by atoms with Gasteiger partial charge in [0, 0.05) is 19.1 Å². The fraction of sp³-hybridized carbons (Fsp3) is 0.733. The van der Waals surface area contributed by atoms with Gasteiger partial charge in [0.2, 0.25) is 17.6 Å². The van der Waals surface area contributed by atoms with Gasteiger partial charge in [-0.1, -0.05) is 19.3 Å². The minimum atomic E-state index is -1.20. The Morgan fingerprint density at radius 2 is 1.45 bits per heavy atom. The van der Waals surface area contributed by atoms with Gasteiger partial charge in [0.15, 0.2) is 0 Å². The molecule has 22 heavy (non-hydrogen) atoms. The molecule has 0 aromatic rings. The standard InChI is InChI=1S/C15H21N3O4/c19-12-10-11(14(21)17-8-4-7-16-13(10)20)18(15(12)22)9-5-2-1-3-6-9/h9-11H,1-8H2,(H,16,20)(H,17,21). The van der Waals surface area contributed by atoms with Crippen LogP contribution in [-0.2, 0) is 19.2 Å². The Hall–Kier alpha value is -1.92. The number of nitrogens with zero attached hydrogens (tertiary/aromatic N) is 1. The van der Waals surface area contributed by atoms with Crippen molar-refractivity contribution in [2.24, 2.45) is 5.92 Å². The van der Waals surface area contributed by atoms with E-state index in [0.29, 0.717) is 19.5 Å². The summed E-state index contributed by atoms with van der Waals surface area (Å²) in [7, 11) is 0. The van der Waals surface area contributed by atoms with Gasteiger partial charge >= 0.3 is 0 Å². The molecule has 120 valence electrons. The van der Waals surface area contributed by atoms with Crippen LogP contribution in [0.15, 0.2) is 0 Å². The Kier molecular flexibility index (Phi) is 4.13. The predicted octanol–water partition coefficient (Wildman–Crippen LogP) is -0.649. The zero-order chi connectivity index (χ0) is 15.7. The number of nitrogens with one attached hydrogen (secondary N) is 2. The molecule has 0 bridgehead atoms. The van der Waals surface area contributed by atoms with Gasteiger partial charge in [-0.3, -0.25) is 19.2 Å². The number of hydrogen-bond acceptors (Lipinski definition) is 4. The highest BCUT2D eigenvalue weighted by Gasteiger charge is 2.56. The minimum absolute atomic E-state index is 0.112. The van der Waals surface area contributed by atoms with Crippen molar-refractivity contribution in [1.29, 1.82) is 0 Å². The van der Waals surface area contributed by atoms with Gasteiger partial charge in [-0.2, -0.15) is 0 Å². The van der Waals surface area contributed by atoms with E-state index in [-0.39, 0.29) is 11.9 Å². The molecule has 2 atom stereocenters. The number of carbonyl (C=O) groups excluding carboxylic acids is 4. The van der Waals surface area contributed by atoms with E-state index in [2.05, 4.69) is 10.6 Å². The second-order valence-electron chi connectivity index (χ2n) is 6.23. The number of rotatable bonds is 1. The largest absolute Gasteiger partial charge is 0.355 e. The molecule has 2 saturated heterocycles. The lowest BCUT2D eigenvalue weighted by atomic mass is 9.92. The SMILES string of the molecule is O=C1NCCCNC(=O)C2C1C(=O)C(=O)N2C1CCCCC1. The number of carbonyl (C=O) groups is 4. The second-order valence-corrected chi connectivity index (χ2v) is 6.23. The van der Waals surface area contributed by atoms with Gasteiger partial charge < -0.3 is 15.5 Å². The maximum atomic E-state index is 12.5. The highest BCUT2D eigenvalue weighted by Crippen LogP contribution is 2.32. The molecule has 2 aliphatic heterocycles. The minimum Gasteiger partial charge on any atom is -0.355 e. The molecule has 0 radical (unpaired) electrons. The predicted molar refractivity (Wildman–Crippen MR) is 76.6 cm³/mol. The molecule has 0 aromatic heterocycles. The van der Waals surface area contributed by atoms with Crippen molar-refractivity contribution in [2.45, 2.75) is 50.6 Å². The van der Waals surface area contributed by atoms with Crippen molar-refractivity contribution < 1.29 is 19.2 Å². The summed E-state index contributed by atoms with van der Waals surface area (Å²) in [6.07, 6.45) is 5.26. The van der Waals surface area contributed by atoms with Crippen LogP contribution in [0.5, 0.6) is 0 Å². The monoisotopic (exact) mass is 307 g/mol. The average Bonchev–Trinajstić information content (AvgIpc) is 2.82. The lowest BCUT2D eigenvalue weighted by molar-refractivity contribution is -0.144. The molecular formula is C15H21N3O4. The highest BCUT2D eigenvalue weighted by atomic mass is 16.2. The van der Waals surface area contributed by atoms with Crippen LogP contribution in [0.25, 0.3) is 0 Å². The Bertz CT molecular complexity index is 513. The molecule has 3 aliphatic rings. The van der Waals surface area contributed by atoms with E-state index in [1.807, 2.05) is 0 Å². The van der Waals surface area contributed by atoms with Crippen molar-refractivity contribution >= 4 is 23.5 Å². The highest BCUT2D eigenvalue weighted by molar-refractivity contribution is 6.44. The average molecular weight is 307 g/mol. The fourth-order valence-corrected chi connectivity index (χ4v) is 3.71. The van der Waals surface area contributed by atoms with E-state index < -0.39 is 29.6 Å². The van der Waals surface area contributed by atoms with Crippen LogP contribution in [0.1, 0.15) is 38.5 Å². The number of ketones is 1. The normalized spacial score (nSPS) is 31.0. The summed E-state index contributed by atoms with van der Waals surface area (Å²) in [6, 6.07) is -1.10. The van der Waals surface area contributed by atoms with Crippen molar-refractivity contribution in [1.82, 2.24) is 15.5 Å². The molecule has 2 heterocycles. The van der Waals surface area contributed by atoms with Crippen molar-refractivity contribution in [3.05, 3.63) is 0 Å². The lowest BCUT2D eigenvalue weighted by Crippen LogP contribution is -2.53. The first-order valence-electron chi connectivity index (χ1n) is 8.03. The van der Waals surface area contributed by atoms with E-state index in [1.165, 1.54) is 4.90 Å². The van der Waals surface area contributed by atoms with E-state index in [9.17, 15) is 19.2 Å². The molecule has 2 unspecified atom stereocenters. The van der Waals surface area contributed by atoms with E-state index in [1.54, 1.807) is 0 Å². The third kappa shape index (κ3) is 2.48. The van der Waals surface area contributed by atoms with Crippen LogP contribution >= 0.6 is 0 Å². The fourth-order valence-electron chi connectivity index (χ4n) is 3.71. The smallest absolute Gasteiger partial charge is 0.291 e. The summed E-state index contributed by atoms with van der Waals surface area (Å²) in [5, 5.41) is 5.41. The molecule has 3 fully saturated rings. The van der Waals surface area contributed by atoms with Gasteiger partial charge in [-0.05, 0) is 19.3 Å². The number of Topliss-reactive ketones (excluding diaryl/α,β-unsaturated/α-hetero) is 1. The zero-order valence-corrected chi connectivity index (χ0v) is 12.5. The maximum absolute atomic E-state index is 12.5. The first kappa shape index (κ1) is 15.0. The molecule has 1 aliphatic carbocycles.